The number of benzene rings is 1. The van der Waals surface area contributed by atoms with E-state index >= 15 is 0 Å². The van der Waals surface area contributed by atoms with Gasteiger partial charge in [0.25, 0.3) is 0 Å². The lowest BCUT2D eigenvalue weighted by molar-refractivity contribution is -0.132. The molecule has 0 bridgehead atoms. The summed E-state index contributed by atoms with van der Waals surface area (Å²) in [6, 6.07) is 9.32. The molecule has 1 heterocycles. The van der Waals surface area contributed by atoms with Gasteiger partial charge < -0.3 is 15.8 Å². The number of ether oxygens (including phenoxy) is 1. The number of nitrogens with one attached hydrogen (secondary N) is 1. The molecule has 1 fully saturated rings. The molecule has 1 aromatic carbocycles. The number of hydrogen-bond donors (Lipinski definition) is 2. The first-order valence-corrected chi connectivity index (χ1v) is 8.83. The smallest absolute Gasteiger partial charge is 0.249 e. The molecule has 1 aromatic rings. The van der Waals surface area contributed by atoms with Crippen LogP contribution in [0.25, 0.3) is 0 Å². The van der Waals surface area contributed by atoms with Crippen molar-refractivity contribution in [1.82, 2.24) is 5.32 Å². The normalized spacial score (nSPS) is 24.5. The van der Waals surface area contributed by atoms with Gasteiger partial charge in [-0.15, -0.1) is 0 Å². The van der Waals surface area contributed by atoms with Crippen molar-refractivity contribution in [3.8, 4) is 0 Å². The van der Waals surface area contributed by atoms with Crippen LogP contribution in [0.5, 0.6) is 0 Å². The van der Waals surface area contributed by atoms with Crippen molar-refractivity contribution in [2.75, 3.05) is 18.6 Å². The topological polar surface area (TPSA) is 81.4 Å². The predicted octanol–water partition coefficient (Wildman–Crippen LogP) is 0.729. The quantitative estimate of drug-likeness (QED) is 0.811. The molecule has 0 aliphatic carbocycles. The van der Waals surface area contributed by atoms with Crippen molar-refractivity contribution in [3.05, 3.63) is 35.9 Å². The summed E-state index contributed by atoms with van der Waals surface area (Å²) in [7, 11) is -0.998. The Balaban J connectivity index is 2.02. The third-order valence-electron chi connectivity index (χ3n) is 3.58. The Morgan fingerprint density at radius 1 is 1.43 bits per heavy atom. The molecular weight excluding hydrogens is 288 g/mol. The van der Waals surface area contributed by atoms with Gasteiger partial charge in [0.15, 0.2) is 0 Å². The second kappa shape index (κ2) is 7.68. The molecule has 1 saturated heterocycles. The molecule has 4 atom stereocenters. The van der Waals surface area contributed by atoms with Gasteiger partial charge in [-0.25, -0.2) is 0 Å². The second-order valence-corrected chi connectivity index (χ2v) is 6.75. The standard InChI is InChI=1S/C15H22N2O3S/c1-21(19)10-13(11-5-3-2-4-6-11)17-15(18)14-8-7-12(9-16)20-14/h2-6,12-14H,7-10,16H2,1H3,(H,17,18)/t12-,13?,14+,21?/m1/s1. The fourth-order valence-corrected chi connectivity index (χ4v) is 3.22. The molecule has 1 aliphatic heterocycles. The molecular formula is C15H22N2O3S. The van der Waals surface area contributed by atoms with E-state index in [1.807, 2.05) is 30.3 Å². The highest BCUT2D eigenvalue weighted by Crippen LogP contribution is 2.21. The Hall–Kier alpha value is -1.24. The average Bonchev–Trinajstić information content (AvgIpc) is 2.96. The van der Waals surface area contributed by atoms with Gasteiger partial charge in [0.2, 0.25) is 5.91 Å². The summed E-state index contributed by atoms with van der Waals surface area (Å²) >= 11 is 0. The SMILES string of the molecule is CS(=O)CC(NC(=O)[C@@H]1CC[C@H](CN)O1)c1ccccc1. The number of carbonyl (C=O) groups is 1. The van der Waals surface area contributed by atoms with Crippen molar-refractivity contribution in [1.29, 1.82) is 0 Å². The highest BCUT2D eigenvalue weighted by atomic mass is 32.2. The lowest BCUT2D eigenvalue weighted by Crippen LogP contribution is -2.39. The minimum atomic E-state index is -0.998. The predicted molar refractivity (Wildman–Crippen MR) is 83.2 cm³/mol. The summed E-state index contributed by atoms with van der Waals surface area (Å²) in [5.41, 5.74) is 6.51. The van der Waals surface area contributed by atoms with Crippen LogP contribution >= 0.6 is 0 Å². The average molecular weight is 310 g/mol. The molecule has 5 nitrogen and oxygen atoms in total. The molecule has 6 heteroatoms. The fourth-order valence-electron chi connectivity index (χ4n) is 2.48. The van der Waals surface area contributed by atoms with Gasteiger partial charge in [-0.05, 0) is 18.4 Å². The number of nitrogens with two attached hydrogens (primary N) is 1. The lowest BCUT2D eigenvalue weighted by atomic mass is 10.1. The maximum absolute atomic E-state index is 12.3. The van der Waals surface area contributed by atoms with E-state index in [-0.39, 0.29) is 18.1 Å². The Morgan fingerprint density at radius 2 is 2.14 bits per heavy atom. The Labute approximate surface area is 127 Å². The van der Waals surface area contributed by atoms with Crippen LogP contribution in [0.4, 0.5) is 0 Å². The van der Waals surface area contributed by atoms with Crippen LogP contribution in [0.2, 0.25) is 0 Å². The minimum Gasteiger partial charge on any atom is -0.364 e. The molecule has 0 radical (unpaired) electrons. The number of rotatable bonds is 6. The maximum Gasteiger partial charge on any atom is 0.249 e. The molecule has 2 rings (SSSR count). The summed E-state index contributed by atoms with van der Waals surface area (Å²) in [6.45, 7) is 0.435. The molecule has 3 N–H and O–H groups in total. The van der Waals surface area contributed by atoms with E-state index in [0.29, 0.717) is 18.7 Å². The number of amides is 1. The van der Waals surface area contributed by atoms with Crippen LogP contribution in [0.3, 0.4) is 0 Å². The molecule has 1 aliphatic rings. The Kier molecular flexibility index (Phi) is 5.90. The molecule has 21 heavy (non-hydrogen) atoms. The van der Waals surface area contributed by atoms with Gasteiger partial charge in [-0.3, -0.25) is 9.00 Å². The van der Waals surface area contributed by atoms with Crippen molar-refractivity contribution < 1.29 is 13.7 Å². The van der Waals surface area contributed by atoms with Crippen molar-refractivity contribution in [3.63, 3.8) is 0 Å². The van der Waals surface area contributed by atoms with Crippen LogP contribution < -0.4 is 11.1 Å². The van der Waals surface area contributed by atoms with Gasteiger partial charge in [-0.1, -0.05) is 30.3 Å². The van der Waals surface area contributed by atoms with Crippen molar-refractivity contribution in [2.45, 2.75) is 31.1 Å². The fraction of sp³-hybridized carbons (Fsp3) is 0.533. The van der Waals surface area contributed by atoms with E-state index in [9.17, 15) is 9.00 Å². The van der Waals surface area contributed by atoms with E-state index in [2.05, 4.69) is 5.32 Å². The van der Waals surface area contributed by atoms with Gasteiger partial charge in [-0.2, -0.15) is 0 Å². The lowest BCUT2D eigenvalue weighted by Gasteiger charge is -2.20. The Bertz CT molecular complexity index is 495. The summed E-state index contributed by atoms with van der Waals surface area (Å²) in [5.74, 6) is 0.244. The van der Waals surface area contributed by atoms with Crippen LogP contribution in [0.15, 0.2) is 30.3 Å². The van der Waals surface area contributed by atoms with Gasteiger partial charge >= 0.3 is 0 Å². The summed E-state index contributed by atoms with van der Waals surface area (Å²) in [4.78, 5) is 12.3. The van der Waals surface area contributed by atoms with E-state index in [0.717, 1.165) is 12.0 Å². The molecule has 116 valence electrons. The highest BCUT2D eigenvalue weighted by molar-refractivity contribution is 7.84. The maximum atomic E-state index is 12.3. The largest absolute Gasteiger partial charge is 0.364 e. The molecule has 0 spiro atoms. The van der Waals surface area contributed by atoms with Gasteiger partial charge in [0.05, 0.1) is 12.1 Å². The third kappa shape index (κ3) is 4.62. The second-order valence-electron chi connectivity index (χ2n) is 5.27. The van der Waals surface area contributed by atoms with Crippen LogP contribution in [0.1, 0.15) is 24.4 Å². The summed E-state index contributed by atoms with van der Waals surface area (Å²) in [6.07, 6.45) is 2.65. The first-order chi connectivity index (χ1) is 10.1. The monoisotopic (exact) mass is 310 g/mol. The summed E-state index contributed by atoms with van der Waals surface area (Å²) in [5, 5.41) is 2.95. The van der Waals surface area contributed by atoms with E-state index in [1.165, 1.54) is 0 Å². The van der Waals surface area contributed by atoms with Gasteiger partial charge in [0.1, 0.15) is 6.10 Å². The van der Waals surface area contributed by atoms with Gasteiger partial charge in [0, 0.05) is 29.4 Å². The van der Waals surface area contributed by atoms with E-state index < -0.39 is 16.9 Å². The highest BCUT2D eigenvalue weighted by Gasteiger charge is 2.31. The molecule has 0 aromatic heterocycles. The molecule has 0 saturated carbocycles. The zero-order chi connectivity index (χ0) is 15.2. The van der Waals surface area contributed by atoms with E-state index in [4.69, 9.17) is 10.5 Å². The zero-order valence-corrected chi connectivity index (χ0v) is 13.0. The zero-order valence-electron chi connectivity index (χ0n) is 12.2. The molecule has 2 unspecified atom stereocenters. The molecule has 1 amide bonds. The van der Waals surface area contributed by atoms with E-state index in [1.54, 1.807) is 6.26 Å². The van der Waals surface area contributed by atoms with Crippen LogP contribution in [0, 0.1) is 0 Å². The number of hydrogen-bond acceptors (Lipinski definition) is 4. The minimum absolute atomic E-state index is 0.0313. The first kappa shape index (κ1) is 16.1. The Morgan fingerprint density at radius 3 is 2.71 bits per heavy atom. The van der Waals surface area contributed by atoms with Crippen LogP contribution in [-0.4, -0.2) is 40.9 Å². The van der Waals surface area contributed by atoms with Crippen molar-refractivity contribution >= 4 is 16.7 Å². The van der Waals surface area contributed by atoms with Crippen LogP contribution in [-0.2, 0) is 20.3 Å². The van der Waals surface area contributed by atoms with Crippen molar-refractivity contribution in [2.24, 2.45) is 5.73 Å². The first-order valence-electron chi connectivity index (χ1n) is 7.11. The summed E-state index contributed by atoms with van der Waals surface area (Å²) < 4.78 is 17.1. The number of carbonyl (C=O) groups excluding carboxylic acids is 1. The third-order valence-corrected chi connectivity index (χ3v) is 4.39.